The predicted molar refractivity (Wildman–Crippen MR) is 120 cm³/mol. The van der Waals surface area contributed by atoms with Crippen molar-refractivity contribution in [1.82, 2.24) is 15.2 Å². The number of hydrogen-bond acceptors (Lipinski definition) is 7. The monoisotopic (exact) mass is 434 g/mol. The number of carbonyl (C=O) groups is 1. The molecule has 0 aliphatic heterocycles. The molecule has 0 saturated carbocycles. The summed E-state index contributed by atoms with van der Waals surface area (Å²) < 4.78 is 11.0. The summed E-state index contributed by atoms with van der Waals surface area (Å²) in [7, 11) is 0. The second-order valence-electron chi connectivity index (χ2n) is 7.07. The largest absolute Gasteiger partial charge is 0.463 e. The summed E-state index contributed by atoms with van der Waals surface area (Å²) in [6.07, 6.45) is 3.75. The number of aryl methyl sites for hydroxylation is 2. The number of nitrogens with zero attached hydrogens (tertiary/aromatic N) is 3. The van der Waals surface area contributed by atoms with E-state index in [0.717, 1.165) is 16.8 Å². The molecule has 158 valence electrons. The molecule has 3 aromatic heterocycles. The van der Waals surface area contributed by atoms with Gasteiger partial charge in [-0.05, 0) is 56.2 Å². The van der Waals surface area contributed by atoms with Crippen LogP contribution in [-0.4, -0.2) is 26.3 Å². The lowest BCUT2D eigenvalue weighted by Gasteiger charge is -2.15. The lowest BCUT2D eigenvalue weighted by atomic mass is 10.1. The second-order valence-corrected chi connectivity index (χ2v) is 8.24. The molecule has 31 heavy (non-hydrogen) atoms. The smallest absolute Gasteiger partial charge is 0.237 e. The number of thioether (sulfide) groups is 1. The lowest BCUT2D eigenvalue weighted by molar-refractivity contribution is -0.115. The quantitative estimate of drug-likeness (QED) is 0.383. The first-order chi connectivity index (χ1) is 15.0. The molecular weight excluding hydrogens is 412 g/mol. The normalized spacial score (nSPS) is 12.0. The highest BCUT2D eigenvalue weighted by Crippen LogP contribution is 2.32. The molecule has 0 spiro atoms. The topological polar surface area (TPSA) is 94.1 Å². The standard InChI is InChI=1S/C23H22N4O3S/c1-4-19(22(28)24-16-10-9-14(2)13-15(16)3)31-23-25-20(17-7-5-11-29-17)21(26-27-23)18-8-6-12-30-18/h5-13,19H,4H2,1-3H3,(H,24,28). The summed E-state index contributed by atoms with van der Waals surface area (Å²) in [6, 6.07) is 13.1. The van der Waals surface area contributed by atoms with Gasteiger partial charge in [-0.25, -0.2) is 4.98 Å². The maximum absolute atomic E-state index is 12.9. The zero-order valence-electron chi connectivity index (χ0n) is 17.5. The van der Waals surface area contributed by atoms with Crippen molar-refractivity contribution < 1.29 is 13.6 Å². The Labute approximate surface area is 184 Å². The van der Waals surface area contributed by atoms with Crippen molar-refractivity contribution >= 4 is 23.4 Å². The fourth-order valence-electron chi connectivity index (χ4n) is 3.14. The molecule has 4 aromatic rings. The van der Waals surface area contributed by atoms with E-state index in [1.165, 1.54) is 11.8 Å². The van der Waals surface area contributed by atoms with Gasteiger partial charge in [0.1, 0.15) is 5.69 Å². The van der Waals surface area contributed by atoms with E-state index in [2.05, 4.69) is 20.5 Å². The van der Waals surface area contributed by atoms with E-state index in [9.17, 15) is 4.79 Å². The van der Waals surface area contributed by atoms with Gasteiger partial charge in [0.05, 0.1) is 17.8 Å². The maximum Gasteiger partial charge on any atom is 0.237 e. The molecule has 1 N–H and O–H groups in total. The van der Waals surface area contributed by atoms with Gasteiger partial charge in [0.15, 0.2) is 17.2 Å². The van der Waals surface area contributed by atoms with Crippen LogP contribution in [0.1, 0.15) is 24.5 Å². The zero-order chi connectivity index (χ0) is 21.8. The van der Waals surface area contributed by atoms with Crippen molar-refractivity contribution in [2.75, 3.05) is 5.32 Å². The number of carbonyl (C=O) groups excluding carboxylic acids is 1. The second kappa shape index (κ2) is 9.18. The minimum atomic E-state index is -0.374. The van der Waals surface area contributed by atoms with Crippen molar-refractivity contribution in [3.63, 3.8) is 0 Å². The number of amides is 1. The van der Waals surface area contributed by atoms with E-state index in [4.69, 9.17) is 8.83 Å². The maximum atomic E-state index is 12.9. The highest BCUT2D eigenvalue weighted by atomic mass is 32.2. The molecule has 3 heterocycles. The van der Waals surface area contributed by atoms with Crippen LogP contribution in [0.5, 0.6) is 0 Å². The number of furan rings is 2. The Hall–Kier alpha value is -3.39. The van der Waals surface area contributed by atoms with Gasteiger partial charge in [-0.1, -0.05) is 36.4 Å². The van der Waals surface area contributed by atoms with E-state index in [1.807, 2.05) is 39.0 Å². The Morgan fingerprint density at radius 3 is 2.35 bits per heavy atom. The van der Waals surface area contributed by atoms with Crippen molar-refractivity contribution in [2.24, 2.45) is 0 Å². The summed E-state index contributed by atoms with van der Waals surface area (Å²) >= 11 is 1.27. The van der Waals surface area contributed by atoms with Crippen LogP contribution in [0.2, 0.25) is 0 Å². The first-order valence-corrected chi connectivity index (χ1v) is 10.8. The summed E-state index contributed by atoms with van der Waals surface area (Å²) in [6.45, 7) is 5.96. The summed E-state index contributed by atoms with van der Waals surface area (Å²) in [5.41, 5.74) is 3.98. The summed E-state index contributed by atoms with van der Waals surface area (Å²) in [4.78, 5) is 17.5. The molecule has 0 saturated heterocycles. The molecular formula is C23H22N4O3S. The molecule has 1 atom stereocenters. The zero-order valence-corrected chi connectivity index (χ0v) is 18.3. The Morgan fingerprint density at radius 2 is 1.74 bits per heavy atom. The average Bonchev–Trinajstić information content (AvgIpc) is 3.48. The van der Waals surface area contributed by atoms with E-state index in [-0.39, 0.29) is 11.2 Å². The molecule has 4 rings (SSSR count). The molecule has 1 amide bonds. The highest BCUT2D eigenvalue weighted by Gasteiger charge is 2.23. The molecule has 0 aliphatic carbocycles. The van der Waals surface area contributed by atoms with Crippen molar-refractivity contribution in [2.45, 2.75) is 37.6 Å². The third-order valence-electron chi connectivity index (χ3n) is 4.73. The van der Waals surface area contributed by atoms with Crippen LogP contribution in [-0.2, 0) is 4.79 Å². The third kappa shape index (κ3) is 4.69. The van der Waals surface area contributed by atoms with Crippen LogP contribution in [0.25, 0.3) is 22.9 Å². The van der Waals surface area contributed by atoms with E-state index in [1.54, 1.807) is 36.8 Å². The fourth-order valence-corrected chi connectivity index (χ4v) is 3.96. The number of aromatic nitrogens is 3. The molecule has 7 nitrogen and oxygen atoms in total. The highest BCUT2D eigenvalue weighted by molar-refractivity contribution is 8.00. The Balaban J connectivity index is 1.58. The van der Waals surface area contributed by atoms with Crippen molar-refractivity contribution in [3.05, 3.63) is 66.1 Å². The minimum absolute atomic E-state index is 0.0993. The van der Waals surface area contributed by atoms with Crippen LogP contribution >= 0.6 is 11.8 Å². The number of benzene rings is 1. The first kappa shape index (κ1) is 20.9. The molecule has 0 fully saturated rings. The number of nitrogens with one attached hydrogen (secondary N) is 1. The first-order valence-electron chi connectivity index (χ1n) is 9.92. The van der Waals surface area contributed by atoms with Gasteiger partial charge in [-0.15, -0.1) is 10.2 Å². The van der Waals surface area contributed by atoms with E-state index >= 15 is 0 Å². The predicted octanol–water partition coefficient (Wildman–Crippen LogP) is 5.52. The minimum Gasteiger partial charge on any atom is -0.463 e. The molecule has 1 unspecified atom stereocenters. The molecule has 0 bridgehead atoms. The van der Waals surface area contributed by atoms with E-state index in [0.29, 0.717) is 34.5 Å². The van der Waals surface area contributed by atoms with Crippen LogP contribution in [0, 0.1) is 13.8 Å². The van der Waals surface area contributed by atoms with Gasteiger partial charge in [-0.2, -0.15) is 0 Å². The van der Waals surface area contributed by atoms with Crippen molar-refractivity contribution in [1.29, 1.82) is 0 Å². The van der Waals surface area contributed by atoms with Crippen molar-refractivity contribution in [3.8, 4) is 22.9 Å². The SMILES string of the molecule is CCC(Sc1nnc(-c2ccco2)c(-c2ccco2)n1)C(=O)Nc1ccc(C)cc1C. The summed E-state index contributed by atoms with van der Waals surface area (Å²) in [5.74, 6) is 0.997. The fraction of sp³-hybridized carbons (Fsp3) is 0.217. The van der Waals surface area contributed by atoms with Gasteiger partial charge < -0.3 is 14.2 Å². The van der Waals surface area contributed by atoms with Crippen LogP contribution < -0.4 is 5.32 Å². The Bertz CT molecular complexity index is 1170. The van der Waals surface area contributed by atoms with E-state index < -0.39 is 0 Å². The van der Waals surface area contributed by atoms with Crippen LogP contribution in [0.15, 0.2) is 69.0 Å². The van der Waals surface area contributed by atoms with Gasteiger partial charge in [0, 0.05) is 5.69 Å². The molecule has 0 radical (unpaired) electrons. The third-order valence-corrected chi connectivity index (χ3v) is 5.94. The average molecular weight is 435 g/mol. The summed E-state index contributed by atoms with van der Waals surface area (Å²) in [5, 5.41) is 11.6. The number of anilines is 1. The van der Waals surface area contributed by atoms with Crippen LogP contribution in [0.4, 0.5) is 5.69 Å². The molecule has 8 heteroatoms. The molecule has 0 aliphatic rings. The number of hydrogen-bond donors (Lipinski definition) is 1. The molecule has 1 aromatic carbocycles. The van der Waals surface area contributed by atoms with Crippen LogP contribution in [0.3, 0.4) is 0 Å². The Morgan fingerprint density at radius 1 is 1.03 bits per heavy atom. The van der Waals surface area contributed by atoms with Gasteiger partial charge in [-0.3, -0.25) is 4.79 Å². The van der Waals surface area contributed by atoms with Gasteiger partial charge in [0.25, 0.3) is 0 Å². The number of rotatable bonds is 7. The lowest BCUT2D eigenvalue weighted by Crippen LogP contribution is -2.25. The van der Waals surface area contributed by atoms with Gasteiger partial charge >= 0.3 is 0 Å². The van der Waals surface area contributed by atoms with Gasteiger partial charge in [0.2, 0.25) is 11.1 Å². The Kier molecular flexibility index (Phi) is 6.18.